The van der Waals surface area contributed by atoms with Gasteiger partial charge in [0.05, 0.1) is 28.2 Å². The molecule has 1 aliphatic heterocycles. The summed E-state index contributed by atoms with van der Waals surface area (Å²) in [5.74, 6) is -0.197. The molecule has 0 spiro atoms. The second kappa shape index (κ2) is 6.50. The van der Waals surface area contributed by atoms with Crippen LogP contribution in [0.15, 0.2) is 34.8 Å². The Morgan fingerprint density at radius 3 is 2.76 bits per heavy atom. The first-order chi connectivity index (χ1) is 12.0. The molecule has 0 amide bonds. The van der Waals surface area contributed by atoms with Gasteiger partial charge in [-0.15, -0.1) is 0 Å². The summed E-state index contributed by atoms with van der Waals surface area (Å²) < 4.78 is 35.8. The molecule has 6 heteroatoms. The molecule has 3 nitrogen and oxygen atoms in total. The first-order valence-electron chi connectivity index (χ1n) is 8.22. The maximum Gasteiger partial charge on any atom is 0.137 e. The third-order valence-electron chi connectivity index (χ3n) is 4.60. The molecule has 0 N–H and O–H groups in total. The summed E-state index contributed by atoms with van der Waals surface area (Å²) in [7, 11) is 0. The molecule has 0 aliphatic carbocycles. The van der Waals surface area contributed by atoms with Crippen molar-refractivity contribution in [3.63, 3.8) is 0 Å². The van der Waals surface area contributed by atoms with Crippen molar-refractivity contribution in [1.82, 2.24) is 9.55 Å². The highest BCUT2D eigenvalue weighted by atomic mass is 79.9. The van der Waals surface area contributed by atoms with Gasteiger partial charge in [0, 0.05) is 13.0 Å². The number of halogens is 3. The van der Waals surface area contributed by atoms with E-state index in [2.05, 4.69) is 31.5 Å². The predicted octanol–water partition coefficient (Wildman–Crippen LogP) is 4.77. The van der Waals surface area contributed by atoms with E-state index in [1.54, 1.807) is 0 Å². The lowest BCUT2D eigenvalue weighted by Crippen LogP contribution is -2.31. The first-order valence-corrected chi connectivity index (χ1v) is 9.01. The van der Waals surface area contributed by atoms with Gasteiger partial charge in [0.2, 0.25) is 0 Å². The fourth-order valence-corrected chi connectivity index (χ4v) is 3.44. The standard InChI is InChI=1S/C19H17BrF2N2O/c1-11-2-3-17-18(6-11)24(10-13-4-5-25-13)19(23-17)8-12-7-16(22)14(20)9-15(12)21/h2-3,6-7,9,13H,4-5,8,10H2,1H3. The fourth-order valence-electron chi connectivity index (χ4n) is 3.12. The number of imidazole rings is 1. The van der Waals surface area contributed by atoms with Gasteiger partial charge in [-0.1, -0.05) is 6.07 Å². The number of hydrogen-bond donors (Lipinski definition) is 0. The minimum Gasteiger partial charge on any atom is -0.376 e. The molecule has 1 aliphatic rings. The minimum absolute atomic E-state index is 0.126. The van der Waals surface area contributed by atoms with Gasteiger partial charge >= 0.3 is 0 Å². The van der Waals surface area contributed by atoms with E-state index in [-0.39, 0.29) is 17.0 Å². The Hall–Kier alpha value is -1.79. The molecule has 2 aromatic carbocycles. The summed E-state index contributed by atoms with van der Waals surface area (Å²) in [5, 5.41) is 0. The first kappa shape index (κ1) is 16.7. The van der Waals surface area contributed by atoms with Crippen LogP contribution in [0.3, 0.4) is 0 Å². The van der Waals surface area contributed by atoms with Crippen LogP contribution in [0.5, 0.6) is 0 Å². The van der Waals surface area contributed by atoms with Gasteiger partial charge in [-0.2, -0.15) is 0 Å². The normalized spacial score (nSPS) is 17.0. The van der Waals surface area contributed by atoms with Crippen LogP contribution in [-0.2, 0) is 17.7 Å². The van der Waals surface area contributed by atoms with Crippen LogP contribution in [0.4, 0.5) is 8.78 Å². The van der Waals surface area contributed by atoms with E-state index >= 15 is 0 Å². The Morgan fingerprint density at radius 1 is 1.24 bits per heavy atom. The Bertz CT molecular complexity index is 950. The average molecular weight is 407 g/mol. The Balaban J connectivity index is 1.77. The summed E-state index contributed by atoms with van der Waals surface area (Å²) in [6.07, 6.45) is 1.39. The van der Waals surface area contributed by atoms with Crippen molar-refractivity contribution in [1.29, 1.82) is 0 Å². The maximum absolute atomic E-state index is 14.2. The number of rotatable bonds is 4. The van der Waals surface area contributed by atoms with E-state index in [0.29, 0.717) is 12.1 Å². The predicted molar refractivity (Wildman–Crippen MR) is 95.7 cm³/mol. The molecule has 0 bridgehead atoms. The molecule has 2 heterocycles. The van der Waals surface area contributed by atoms with Gasteiger partial charge in [0.1, 0.15) is 17.5 Å². The molecule has 1 unspecified atom stereocenters. The molecule has 1 aromatic heterocycles. The van der Waals surface area contributed by atoms with E-state index in [0.717, 1.165) is 41.5 Å². The van der Waals surface area contributed by atoms with Crippen molar-refractivity contribution >= 4 is 27.0 Å². The number of fused-ring (bicyclic) bond motifs is 1. The Kier molecular flexibility index (Phi) is 4.33. The van der Waals surface area contributed by atoms with Gasteiger partial charge in [-0.25, -0.2) is 13.8 Å². The second-order valence-electron chi connectivity index (χ2n) is 6.45. The zero-order valence-corrected chi connectivity index (χ0v) is 15.3. The summed E-state index contributed by atoms with van der Waals surface area (Å²) >= 11 is 3.01. The molecule has 130 valence electrons. The Morgan fingerprint density at radius 2 is 2.04 bits per heavy atom. The van der Waals surface area contributed by atoms with Gasteiger partial charge in [0.25, 0.3) is 0 Å². The number of nitrogens with zero attached hydrogens (tertiary/aromatic N) is 2. The smallest absolute Gasteiger partial charge is 0.137 e. The molecular formula is C19H17BrF2N2O. The van der Waals surface area contributed by atoms with Crippen LogP contribution >= 0.6 is 15.9 Å². The van der Waals surface area contributed by atoms with Crippen molar-refractivity contribution in [2.45, 2.75) is 32.4 Å². The number of ether oxygens (including phenoxy) is 1. The summed E-state index contributed by atoms with van der Waals surface area (Å²) in [5.41, 5.74) is 3.29. The van der Waals surface area contributed by atoms with Gasteiger partial charge in [-0.3, -0.25) is 0 Å². The molecule has 1 saturated heterocycles. The second-order valence-corrected chi connectivity index (χ2v) is 7.30. The van der Waals surface area contributed by atoms with E-state index < -0.39 is 11.6 Å². The zero-order valence-electron chi connectivity index (χ0n) is 13.7. The van der Waals surface area contributed by atoms with Crippen molar-refractivity contribution in [2.24, 2.45) is 0 Å². The van der Waals surface area contributed by atoms with Crippen molar-refractivity contribution in [2.75, 3.05) is 6.61 Å². The number of hydrogen-bond acceptors (Lipinski definition) is 2. The molecule has 3 aromatic rings. The molecule has 25 heavy (non-hydrogen) atoms. The van der Waals surface area contributed by atoms with E-state index in [1.165, 1.54) is 6.07 Å². The quantitative estimate of drug-likeness (QED) is 0.583. The number of benzene rings is 2. The highest BCUT2D eigenvalue weighted by Crippen LogP contribution is 2.26. The lowest BCUT2D eigenvalue weighted by molar-refractivity contribution is -0.0589. The van der Waals surface area contributed by atoms with Crippen molar-refractivity contribution in [3.8, 4) is 0 Å². The van der Waals surface area contributed by atoms with Gasteiger partial charge in [-0.05, 0) is 64.7 Å². The fraction of sp³-hybridized carbons (Fsp3) is 0.316. The monoisotopic (exact) mass is 406 g/mol. The van der Waals surface area contributed by atoms with Gasteiger partial charge in [0.15, 0.2) is 0 Å². The zero-order chi connectivity index (χ0) is 17.6. The summed E-state index contributed by atoms with van der Waals surface area (Å²) in [6, 6.07) is 8.43. The summed E-state index contributed by atoms with van der Waals surface area (Å²) in [6.45, 7) is 3.48. The van der Waals surface area contributed by atoms with Crippen LogP contribution in [0.25, 0.3) is 11.0 Å². The van der Waals surface area contributed by atoms with E-state index in [1.807, 2.05) is 19.1 Å². The minimum atomic E-state index is -0.475. The molecule has 1 fully saturated rings. The highest BCUT2D eigenvalue weighted by molar-refractivity contribution is 9.10. The average Bonchev–Trinajstić information content (AvgIpc) is 2.85. The summed E-state index contributed by atoms with van der Waals surface area (Å²) in [4.78, 5) is 4.66. The third kappa shape index (κ3) is 3.20. The maximum atomic E-state index is 14.2. The van der Waals surface area contributed by atoms with Crippen LogP contribution in [-0.4, -0.2) is 22.3 Å². The SMILES string of the molecule is Cc1ccc2nc(Cc3cc(F)c(Br)cc3F)n(CC3CCO3)c2c1. The third-order valence-corrected chi connectivity index (χ3v) is 5.21. The molecule has 4 rings (SSSR count). The van der Waals surface area contributed by atoms with Gasteiger partial charge < -0.3 is 9.30 Å². The largest absolute Gasteiger partial charge is 0.376 e. The lowest BCUT2D eigenvalue weighted by Gasteiger charge is -2.27. The Labute approximate surface area is 152 Å². The molecular weight excluding hydrogens is 390 g/mol. The van der Waals surface area contributed by atoms with Crippen LogP contribution in [0.2, 0.25) is 0 Å². The molecule has 0 radical (unpaired) electrons. The number of aromatic nitrogens is 2. The van der Waals surface area contributed by atoms with Crippen molar-refractivity contribution < 1.29 is 13.5 Å². The van der Waals surface area contributed by atoms with Crippen LogP contribution in [0, 0.1) is 18.6 Å². The van der Waals surface area contributed by atoms with Crippen LogP contribution in [0.1, 0.15) is 23.4 Å². The van der Waals surface area contributed by atoms with E-state index in [4.69, 9.17) is 4.74 Å². The number of aryl methyl sites for hydroxylation is 1. The topological polar surface area (TPSA) is 27.1 Å². The highest BCUT2D eigenvalue weighted by Gasteiger charge is 2.22. The van der Waals surface area contributed by atoms with E-state index in [9.17, 15) is 8.78 Å². The van der Waals surface area contributed by atoms with Crippen molar-refractivity contribution in [3.05, 3.63) is 63.4 Å². The molecule has 0 saturated carbocycles. The lowest BCUT2D eigenvalue weighted by atomic mass is 10.1. The van der Waals surface area contributed by atoms with Crippen LogP contribution < -0.4 is 0 Å². The molecule has 1 atom stereocenters.